The minimum atomic E-state index is -0.673. The van der Waals surface area contributed by atoms with Gasteiger partial charge in [-0.1, -0.05) is 19.1 Å². The van der Waals surface area contributed by atoms with Crippen LogP contribution in [0, 0.1) is 0 Å². The van der Waals surface area contributed by atoms with Crippen LogP contribution in [0.1, 0.15) is 25.0 Å². The molecular formula is C13H20N2O2S. The van der Waals surface area contributed by atoms with Crippen LogP contribution in [-0.4, -0.2) is 30.5 Å². The van der Waals surface area contributed by atoms with E-state index in [2.05, 4.69) is 10.6 Å². The highest BCUT2D eigenvalue weighted by Gasteiger charge is 2.08. The van der Waals surface area contributed by atoms with E-state index in [4.69, 9.17) is 0 Å². The standard InChI is InChI=1S/C13H20N2O2S/c1-3-8-14-13(17)15-9-12(16)10-4-6-11(18-2)7-5-10/h4-7,12,16H,3,8-9H2,1-2H3,(H2,14,15,17). The zero-order chi connectivity index (χ0) is 13.4. The van der Waals surface area contributed by atoms with Crippen LogP contribution in [0.15, 0.2) is 29.2 Å². The van der Waals surface area contributed by atoms with Crippen LogP contribution in [0.5, 0.6) is 0 Å². The highest BCUT2D eigenvalue weighted by molar-refractivity contribution is 7.98. The molecule has 0 heterocycles. The minimum absolute atomic E-state index is 0.216. The van der Waals surface area contributed by atoms with Gasteiger partial charge in [-0.15, -0.1) is 11.8 Å². The van der Waals surface area contributed by atoms with Crippen molar-refractivity contribution in [1.82, 2.24) is 10.6 Å². The van der Waals surface area contributed by atoms with Gasteiger partial charge in [0.15, 0.2) is 0 Å². The number of carbonyl (C=O) groups excluding carboxylic acids is 1. The van der Waals surface area contributed by atoms with Gasteiger partial charge in [0.05, 0.1) is 6.10 Å². The zero-order valence-electron chi connectivity index (χ0n) is 10.8. The summed E-state index contributed by atoms with van der Waals surface area (Å²) in [4.78, 5) is 12.5. The first-order valence-electron chi connectivity index (χ1n) is 6.01. The molecule has 0 radical (unpaired) electrons. The molecule has 4 nitrogen and oxygen atoms in total. The molecule has 2 amide bonds. The number of carbonyl (C=O) groups is 1. The quantitative estimate of drug-likeness (QED) is 0.693. The van der Waals surface area contributed by atoms with Crippen LogP contribution in [0.3, 0.4) is 0 Å². The molecule has 0 saturated heterocycles. The van der Waals surface area contributed by atoms with Gasteiger partial charge in [0.25, 0.3) is 0 Å². The van der Waals surface area contributed by atoms with Gasteiger partial charge < -0.3 is 15.7 Å². The van der Waals surface area contributed by atoms with E-state index in [0.29, 0.717) is 6.54 Å². The normalized spacial score (nSPS) is 11.9. The fraction of sp³-hybridized carbons (Fsp3) is 0.462. The second-order valence-corrected chi connectivity index (χ2v) is 4.81. The number of thioether (sulfide) groups is 1. The van der Waals surface area contributed by atoms with E-state index in [-0.39, 0.29) is 12.6 Å². The third-order valence-corrected chi connectivity index (χ3v) is 3.24. The van der Waals surface area contributed by atoms with Crippen molar-refractivity contribution in [1.29, 1.82) is 0 Å². The van der Waals surface area contributed by atoms with E-state index in [1.165, 1.54) is 0 Å². The summed E-state index contributed by atoms with van der Waals surface area (Å²) in [5.74, 6) is 0. The van der Waals surface area contributed by atoms with Crippen molar-refractivity contribution in [3.05, 3.63) is 29.8 Å². The first-order chi connectivity index (χ1) is 8.67. The Kier molecular flexibility index (Phi) is 6.60. The molecule has 0 spiro atoms. The SMILES string of the molecule is CCCNC(=O)NCC(O)c1ccc(SC)cc1. The Morgan fingerprint density at radius 1 is 1.33 bits per heavy atom. The first kappa shape index (κ1) is 14.9. The second-order valence-electron chi connectivity index (χ2n) is 3.93. The lowest BCUT2D eigenvalue weighted by Crippen LogP contribution is -2.38. The molecule has 3 N–H and O–H groups in total. The third-order valence-electron chi connectivity index (χ3n) is 2.49. The molecule has 1 rings (SSSR count). The molecule has 5 heteroatoms. The largest absolute Gasteiger partial charge is 0.387 e. The highest BCUT2D eigenvalue weighted by Crippen LogP contribution is 2.18. The average molecular weight is 268 g/mol. The van der Waals surface area contributed by atoms with E-state index in [1.807, 2.05) is 37.4 Å². The number of hydrogen-bond acceptors (Lipinski definition) is 3. The van der Waals surface area contributed by atoms with Gasteiger partial charge in [-0.25, -0.2) is 4.79 Å². The van der Waals surface area contributed by atoms with E-state index in [0.717, 1.165) is 16.9 Å². The van der Waals surface area contributed by atoms with Crippen molar-refractivity contribution in [3.8, 4) is 0 Å². The molecule has 0 aromatic heterocycles. The summed E-state index contributed by atoms with van der Waals surface area (Å²) in [6.07, 6.45) is 2.23. The molecule has 0 bridgehead atoms. The van der Waals surface area contributed by atoms with Crippen molar-refractivity contribution in [2.45, 2.75) is 24.3 Å². The van der Waals surface area contributed by atoms with Crippen LogP contribution < -0.4 is 10.6 Å². The van der Waals surface area contributed by atoms with Gasteiger partial charge >= 0.3 is 6.03 Å². The lowest BCUT2D eigenvalue weighted by molar-refractivity contribution is 0.173. The number of hydrogen-bond donors (Lipinski definition) is 3. The summed E-state index contributed by atoms with van der Waals surface area (Å²) in [6, 6.07) is 7.43. The Labute approximate surface area is 112 Å². The predicted molar refractivity (Wildman–Crippen MR) is 74.9 cm³/mol. The van der Waals surface area contributed by atoms with Crippen LogP contribution in [0.25, 0.3) is 0 Å². The Morgan fingerprint density at radius 2 is 2.00 bits per heavy atom. The first-order valence-corrected chi connectivity index (χ1v) is 7.23. The Balaban J connectivity index is 2.39. The summed E-state index contributed by atoms with van der Waals surface area (Å²) >= 11 is 1.66. The van der Waals surface area contributed by atoms with Crippen molar-refractivity contribution in [2.24, 2.45) is 0 Å². The summed E-state index contributed by atoms with van der Waals surface area (Å²) in [5.41, 5.74) is 0.809. The summed E-state index contributed by atoms with van der Waals surface area (Å²) < 4.78 is 0. The lowest BCUT2D eigenvalue weighted by Gasteiger charge is -2.13. The van der Waals surface area contributed by atoms with E-state index < -0.39 is 6.10 Å². The molecule has 18 heavy (non-hydrogen) atoms. The molecule has 1 aromatic rings. The molecule has 0 fully saturated rings. The van der Waals surface area contributed by atoms with E-state index >= 15 is 0 Å². The van der Waals surface area contributed by atoms with Gasteiger partial charge in [-0.3, -0.25) is 0 Å². The van der Waals surface area contributed by atoms with Gasteiger partial charge in [0.1, 0.15) is 0 Å². The molecule has 0 aliphatic carbocycles. The monoisotopic (exact) mass is 268 g/mol. The number of aliphatic hydroxyl groups excluding tert-OH is 1. The van der Waals surface area contributed by atoms with E-state index in [1.54, 1.807) is 11.8 Å². The van der Waals surface area contributed by atoms with Crippen molar-refractivity contribution in [3.63, 3.8) is 0 Å². The summed E-state index contributed by atoms with van der Waals surface area (Å²) in [7, 11) is 0. The molecule has 0 aliphatic rings. The molecule has 100 valence electrons. The van der Waals surface area contributed by atoms with Crippen molar-refractivity contribution >= 4 is 17.8 Å². The Bertz CT molecular complexity index is 368. The predicted octanol–water partition coefficient (Wildman–Crippen LogP) is 2.15. The number of rotatable bonds is 6. The van der Waals surface area contributed by atoms with Crippen LogP contribution >= 0.6 is 11.8 Å². The van der Waals surface area contributed by atoms with E-state index in [9.17, 15) is 9.90 Å². The average Bonchev–Trinajstić information content (AvgIpc) is 2.42. The van der Waals surface area contributed by atoms with Crippen LogP contribution in [0.2, 0.25) is 0 Å². The fourth-order valence-electron chi connectivity index (χ4n) is 1.43. The minimum Gasteiger partial charge on any atom is -0.387 e. The zero-order valence-corrected chi connectivity index (χ0v) is 11.6. The maximum atomic E-state index is 11.3. The lowest BCUT2D eigenvalue weighted by atomic mass is 10.1. The number of amides is 2. The number of aliphatic hydroxyl groups is 1. The molecule has 0 saturated carbocycles. The summed E-state index contributed by atoms with van der Waals surface area (Å²) in [5, 5.41) is 15.2. The smallest absolute Gasteiger partial charge is 0.314 e. The van der Waals surface area contributed by atoms with Gasteiger partial charge in [0, 0.05) is 18.0 Å². The molecule has 1 aromatic carbocycles. The topological polar surface area (TPSA) is 61.4 Å². The maximum absolute atomic E-state index is 11.3. The Morgan fingerprint density at radius 3 is 2.56 bits per heavy atom. The molecular weight excluding hydrogens is 248 g/mol. The number of nitrogens with one attached hydrogen (secondary N) is 2. The molecule has 0 aliphatic heterocycles. The number of urea groups is 1. The third kappa shape index (κ3) is 4.98. The van der Waals surface area contributed by atoms with Crippen molar-refractivity contribution < 1.29 is 9.90 Å². The molecule has 1 unspecified atom stereocenters. The summed E-state index contributed by atoms with van der Waals surface area (Å²) in [6.45, 7) is 2.85. The highest BCUT2D eigenvalue weighted by atomic mass is 32.2. The molecule has 1 atom stereocenters. The van der Waals surface area contributed by atoms with Crippen LogP contribution in [0.4, 0.5) is 4.79 Å². The second kappa shape index (κ2) is 8.00. The van der Waals surface area contributed by atoms with Crippen LogP contribution in [-0.2, 0) is 0 Å². The van der Waals surface area contributed by atoms with Gasteiger partial charge in [0.2, 0.25) is 0 Å². The van der Waals surface area contributed by atoms with Crippen molar-refractivity contribution in [2.75, 3.05) is 19.3 Å². The maximum Gasteiger partial charge on any atom is 0.314 e. The number of benzene rings is 1. The van der Waals surface area contributed by atoms with Gasteiger partial charge in [-0.05, 0) is 30.4 Å². The fourth-order valence-corrected chi connectivity index (χ4v) is 1.84. The Hall–Kier alpha value is -1.20. The van der Waals surface area contributed by atoms with Gasteiger partial charge in [-0.2, -0.15) is 0 Å².